The zero-order valence-electron chi connectivity index (χ0n) is 13.5. The molecule has 0 N–H and O–H groups in total. The van der Waals surface area contributed by atoms with Crippen LogP contribution in [0, 0.1) is 0 Å². The van der Waals surface area contributed by atoms with Crippen molar-refractivity contribution >= 4 is 11.0 Å². The summed E-state index contributed by atoms with van der Waals surface area (Å²) in [5.41, 5.74) is 5.43. The van der Waals surface area contributed by atoms with Crippen molar-refractivity contribution in [2.45, 2.75) is 12.6 Å². The number of hydrogen-bond acceptors (Lipinski definition) is 4. The third-order valence-corrected chi connectivity index (χ3v) is 4.66. The van der Waals surface area contributed by atoms with Gasteiger partial charge in [0.2, 0.25) is 0 Å². The summed E-state index contributed by atoms with van der Waals surface area (Å²) in [7, 11) is 0. The lowest BCUT2D eigenvalue weighted by atomic mass is 10.1. The smallest absolute Gasteiger partial charge is 0.136 e. The van der Waals surface area contributed by atoms with Crippen LogP contribution >= 0.6 is 0 Å². The maximum absolute atomic E-state index is 5.80. The van der Waals surface area contributed by atoms with Crippen molar-refractivity contribution in [2.75, 3.05) is 6.61 Å². The van der Waals surface area contributed by atoms with Crippen LogP contribution in [0.2, 0.25) is 0 Å². The van der Waals surface area contributed by atoms with Gasteiger partial charge in [-0.1, -0.05) is 36.4 Å². The van der Waals surface area contributed by atoms with Crippen molar-refractivity contribution in [1.82, 2.24) is 19.5 Å². The zero-order valence-corrected chi connectivity index (χ0v) is 13.5. The highest BCUT2D eigenvalue weighted by Gasteiger charge is 2.25. The summed E-state index contributed by atoms with van der Waals surface area (Å²) in [4.78, 5) is 13.0. The fourth-order valence-electron chi connectivity index (χ4n) is 3.48. The Kier molecular flexibility index (Phi) is 3.31. The highest BCUT2D eigenvalue weighted by Crippen LogP contribution is 2.32. The molecule has 1 aliphatic rings. The van der Waals surface area contributed by atoms with E-state index in [0.29, 0.717) is 13.2 Å². The van der Waals surface area contributed by atoms with Crippen molar-refractivity contribution in [2.24, 2.45) is 0 Å². The highest BCUT2D eigenvalue weighted by molar-refractivity contribution is 5.82. The molecular formula is C20H16N4O. The average molecular weight is 328 g/mol. The SMILES string of the molecule is c1ccc([C@H]2COCc3nc4ccc(-c5cncnc5)cc4n32)cc1. The molecule has 1 atom stereocenters. The first kappa shape index (κ1) is 14.3. The third-order valence-electron chi connectivity index (χ3n) is 4.66. The third kappa shape index (κ3) is 2.40. The number of hydrogen-bond donors (Lipinski definition) is 0. The van der Waals surface area contributed by atoms with Gasteiger partial charge in [-0.05, 0) is 23.3 Å². The molecule has 2 aromatic heterocycles. The Bertz CT molecular complexity index is 1030. The van der Waals surface area contributed by atoms with E-state index in [2.05, 4.69) is 57.0 Å². The normalized spacial score (nSPS) is 16.7. The van der Waals surface area contributed by atoms with Crippen molar-refractivity contribution < 1.29 is 4.74 Å². The summed E-state index contributed by atoms with van der Waals surface area (Å²) in [6.07, 6.45) is 5.21. The summed E-state index contributed by atoms with van der Waals surface area (Å²) in [5.74, 6) is 0.969. The largest absolute Gasteiger partial charge is 0.371 e. The minimum Gasteiger partial charge on any atom is -0.371 e. The summed E-state index contributed by atoms with van der Waals surface area (Å²) >= 11 is 0. The van der Waals surface area contributed by atoms with Gasteiger partial charge in [-0.3, -0.25) is 0 Å². The number of rotatable bonds is 2. The van der Waals surface area contributed by atoms with E-state index in [-0.39, 0.29) is 6.04 Å². The summed E-state index contributed by atoms with van der Waals surface area (Å²) < 4.78 is 8.11. The lowest BCUT2D eigenvalue weighted by Crippen LogP contribution is -2.24. The summed E-state index contributed by atoms with van der Waals surface area (Å²) in [6.45, 7) is 1.20. The summed E-state index contributed by atoms with van der Waals surface area (Å²) in [5, 5.41) is 0. The first-order chi connectivity index (χ1) is 12.4. The number of aromatic nitrogens is 4. The van der Waals surface area contributed by atoms with Crippen LogP contribution < -0.4 is 0 Å². The molecule has 0 saturated heterocycles. The second kappa shape index (κ2) is 5.79. The van der Waals surface area contributed by atoms with E-state index < -0.39 is 0 Å². The predicted molar refractivity (Wildman–Crippen MR) is 95.0 cm³/mol. The van der Waals surface area contributed by atoms with Gasteiger partial charge in [-0.15, -0.1) is 0 Å². The zero-order chi connectivity index (χ0) is 16.6. The predicted octanol–water partition coefficient (Wildman–Crippen LogP) is 3.61. The highest BCUT2D eigenvalue weighted by atomic mass is 16.5. The van der Waals surface area contributed by atoms with E-state index in [4.69, 9.17) is 9.72 Å². The molecule has 5 nitrogen and oxygen atoms in total. The number of imidazole rings is 1. The van der Waals surface area contributed by atoms with Crippen LogP contribution in [-0.4, -0.2) is 26.1 Å². The quantitative estimate of drug-likeness (QED) is 0.564. The molecule has 0 spiro atoms. The van der Waals surface area contributed by atoms with Crippen LogP contribution in [0.3, 0.4) is 0 Å². The molecule has 0 aliphatic carbocycles. The lowest BCUT2D eigenvalue weighted by Gasteiger charge is -2.26. The van der Waals surface area contributed by atoms with Crippen LogP contribution in [0.25, 0.3) is 22.2 Å². The van der Waals surface area contributed by atoms with E-state index in [1.54, 1.807) is 6.33 Å². The standard InChI is InChI=1S/C20H16N4O/c1-2-4-14(5-3-1)19-11-25-12-20-23-17-7-6-15(8-18(17)24(19)20)16-9-21-13-22-10-16/h1-10,13,19H,11-12H2/t19-/m1/s1. The number of benzene rings is 2. The minimum absolute atomic E-state index is 0.136. The fraction of sp³-hybridized carbons (Fsp3) is 0.150. The number of ether oxygens (including phenoxy) is 1. The van der Waals surface area contributed by atoms with Crippen LogP contribution in [0.15, 0.2) is 67.3 Å². The first-order valence-electron chi connectivity index (χ1n) is 8.29. The number of fused-ring (bicyclic) bond motifs is 3. The van der Waals surface area contributed by atoms with Gasteiger partial charge in [0.25, 0.3) is 0 Å². The molecule has 5 rings (SSSR count). The van der Waals surface area contributed by atoms with Gasteiger partial charge in [0, 0.05) is 18.0 Å². The topological polar surface area (TPSA) is 52.8 Å². The first-order valence-corrected chi connectivity index (χ1v) is 8.29. The molecule has 0 bridgehead atoms. The van der Waals surface area contributed by atoms with Crippen LogP contribution in [0.5, 0.6) is 0 Å². The molecule has 122 valence electrons. The van der Waals surface area contributed by atoms with Crippen LogP contribution in [0.4, 0.5) is 0 Å². The molecule has 4 aromatic rings. The molecule has 1 aliphatic heterocycles. The van der Waals surface area contributed by atoms with Crippen LogP contribution in [-0.2, 0) is 11.3 Å². The Balaban J connectivity index is 1.70. The van der Waals surface area contributed by atoms with E-state index in [1.807, 2.05) is 18.5 Å². The molecule has 0 saturated carbocycles. The molecule has 5 heteroatoms. The minimum atomic E-state index is 0.136. The molecule has 0 fully saturated rings. The van der Waals surface area contributed by atoms with Gasteiger partial charge in [-0.25, -0.2) is 15.0 Å². The average Bonchev–Trinajstić information content (AvgIpc) is 3.07. The van der Waals surface area contributed by atoms with E-state index in [9.17, 15) is 0 Å². The Morgan fingerprint density at radius 3 is 2.64 bits per heavy atom. The molecule has 25 heavy (non-hydrogen) atoms. The van der Waals surface area contributed by atoms with Gasteiger partial charge in [-0.2, -0.15) is 0 Å². The van der Waals surface area contributed by atoms with Crippen molar-refractivity contribution in [1.29, 1.82) is 0 Å². The Hall–Kier alpha value is -3.05. The molecule has 0 radical (unpaired) electrons. The van der Waals surface area contributed by atoms with Gasteiger partial charge >= 0.3 is 0 Å². The Morgan fingerprint density at radius 2 is 1.80 bits per heavy atom. The molecular weight excluding hydrogens is 312 g/mol. The molecule has 3 heterocycles. The second-order valence-corrected chi connectivity index (χ2v) is 6.17. The van der Waals surface area contributed by atoms with Crippen molar-refractivity contribution in [3.8, 4) is 11.1 Å². The van der Waals surface area contributed by atoms with Gasteiger partial charge in [0.05, 0.1) is 23.7 Å². The lowest BCUT2D eigenvalue weighted by molar-refractivity contribution is 0.0679. The van der Waals surface area contributed by atoms with Gasteiger partial charge in [0.1, 0.15) is 18.8 Å². The van der Waals surface area contributed by atoms with E-state index >= 15 is 0 Å². The Morgan fingerprint density at radius 1 is 0.960 bits per heavy atom. The van der Waals surface area contributed by atoms with Gasteiger partial charge < -0.3 is 9.30 Å². The monoisotopic (exact) mass is 328 g/mol. The molecule has 0 unspecified atom stereocenters. The van der Waals surface area contributed by atoms with E-state index in [0.717, 1.165) is 28.0 Å². The summed E-state index contributed by atoms with van der Waals surface area (Å²) in [6, 6.07) is 16.9. The van der Waals surface area contributed by atoms with Crippen LogP contribution in [0.1, 0.15) is 17.4 Å². The second-order valence-electron chi connectivity index (χ2n) is 6.17. The Labute approximate surface area is 145 Å². The van der Waals surface area contributed by atoms with Crippen molar-refractivity contribution in [3.05, 3.63) is 78.6 Å². The molecule has 0 amide bonds. The van der Waals surface area contributed by atoms with Crippen molar-refractivity contribution in [3.63, 3.8) is 0 Å². The number of nitrogens with zero attached hydrogens (tertiary/aromatic N) is 4. The maximum atomic E-state index is 5.80. The van der Waals surface area contributed by atoms with Gasteiger partial charge in [0.15, 0.2) is 0 Å². The maximum Gasteiger partial charge on any atom is 0.136 e. The van der Waals surface area contributed by atoms with E-state index in [1.165, 1.54) is 5.56 Å². The fourth-order valence-corrected chi connectivity index (χ4v) is 3.48. The molecule has 2 aromatic carbocycles.